The molecular formula is C21H33N3O2S. The standard InChI is InChI=1S/C21H33N3O2S/c1-16-6-4-5-7-18(16)23-10-12-24(13-11-23)27(25,26)15-21-9-8-17(14-19(21)22)20(21,2)3/h4-7,17,19H,8-15,22H2,1-3H3. The molecule has 6 heteroatoms. The van der Waals surface area contributed by atoms with Gasteiger partial charge in [-0.3, -0.25) is 0 Å². The number of piperazine rings is 1. The lowest BCUT2D eigenvalue weighted by Crippen LogP contribution is -2.54. The molecule has 5 nitrogen and oxygen atoms in total. The van der Waals surface area contributed by atoms with E-state index in [1.807, 2.05) is 12.1 Å². The molecule has 0 aromatic heterocycles. The van der Waals surface area contributed by atoms with E-state index in [0.717, 1.165) is 32.4 Å². The molecule has 0 radical (unpaired) electrons. The van der Waals surface area contributed by atoms with Crippen molar-refractivity contribution in [1.82, 2.24) is 4.31 Å². The van der Waals surface area contributed by atoms with E-state index in [2.05, 4.69) is 37.8 Å². The lowest BCUT2D eigenvalue weighted by molar-refractivity contribution is 0.137. The molecule has 3 atom stereocenters. The van der Waals surface area contributed by atoms with Crippen LogP contribution >= 0.6 is 0 Å². The monoisotopic (exact) mass is 391 g/mol. The largest absolute Gasteiger partial charge is 0.369 e. The number of sulfonamides is 1. The van der Waals surface area contributed by atoms with Crippen molar-refractivity contribution in [3.05, 3.63) is 29.8 Å². The molecule has 2 saturated carbocycles. The van der Waals surface area contributed by atoms with Gasteiger partial charge in [-0.25, -0.2) is 8.42 Å². The van der Waals surface area contributed by atoms with Gasteiger partial charge in [-0.1, -0.05) is 32.0 Å². The molecular weight excluding hydrogens is 358 g/mol. The third-order valence-corrected chi connectivity index (χ3v) is 10.1. The van der Waals surface area contributed by atoms with Gasteiger partial charge in [0, 0.05) is 43.3 Å². The summed E-state index contributed by atoms with van der Waals surface area (Å²) < 4.78 is 28.4. The van der Waals surface area contributed by atoms with E-state index in [4.69, 9.17) is 5.73 Å². The molecule has 3 unspecified atom stereocenters. The van der Waals surface area contributed by atoms with Crippen LogP contribution in [0.25, 0.3) is 0 Å². The van der Waals surface area contributed by atoms with Crippen LogP contribution < -0.4 is 10.6 Å². The van der Waals surface area contributed by atoms with E-state index in [1.165, 1.54) is 11.3 Å². The van der Waals surface area contributed by atoms with Crippen LogP contribution in [0.3, 0.4) is 0 Å². The Morgan fingerprint density at radius 3 is 2.37 bits per heavy atom. The number of nitrogens with two attached hydrogens (primary N) is 1. The minimum Gasteiger partial charge on any atom is -0.369 e. The fourth-order valence-electron chi connectivity index (χ4n) is 6.04. The van der Waals surface area contributed by atoms with E-state index >= 15 is 0 Å². The van der Waals surface area contributed by atoms with Gasteiger partial charge >= 0.3 is 0 Å². The predicted molar refractivity (Wildman–Crippen MR) is 110 cm³/mol. The lowest BCUT2D eigenvalue weighted by atomic mass is 9.69. The summed E-state index contributed by atoms with van der Waals surface area (Å²) in [6.45, 7) is 9.20. The minimum atomic E-state index is -3.30. The Bertz CT molecular complexity index is 814. The highest BCUT2D eigenvalue weighted by atomic mass is 32.2. The number of rotatable bonds is 4. The summed E-state index contributed by atoms with van der Waals surface area (Å²) in [6.07, 6.45) is 3.05. The number of aryl methyl sites for hydroxylation is 1. The van der Waals surface area contributed by atoms with Crippen LogP contribution in [0, 0.1) is 23.7 Å². The summed E-state index contributed by atoms with van der Waals surface area (Å²) in [5.41, 5.74) is 8.70. The first kappa shape index (κ1) is 19.2. The molecule has 3 aliphatic rings. The van der Waals surface area contributed by atoms with Crippen LogP contribution in [-0.4, -0.2) is 50.7 Å². The van der Waals surface area contributed by atoms with Crippen molar-refractivity contribution in [2.45, 2.75) is 46.1 Å². The summed E-state index contributed by atoms with van der Waals surface area (Å²) in [5.74, 6) is 0.787. The van der Waals surface area contributed by atoms with Crippen molar-refractivity contribution in [3.8, 4) is 0 Å². The molecule has 27 heavy (non-hydrogen) atoms. The predicted octanol–water partition coefficient (Wildman–Crippen LogP) is 2.60. The number of nitrogens with zero attached hydrogens (tertiary/aromatic N) is 2. The maximum Gasteiger partial charge on any atom is 0.214 e. The molecule has 1 aromatic carbocycles. The van der Waals surface area contributed by atoms with Crippen molar-refractivity contribution >= 4 is 15.7 Å². The number of benzene rings is 1. The Labute approximate surface area is 164 Å². The summed E-state index contributed by atoms with van der Waals surface area (Å²) >= 11 is 0. The molecule has 1 saturated heterocycles. The number of hydrogen-bond donors (Lipinski definition) is 1. The first-order valence-corrected chi connectivity index (χ1v) is 11.8. The van der Waals surface area contributed by atoms with Gasteiger partial charge in [-0.2, -0.15) is 4.31 Å². The molecule has 1 aliphatic heterocycles. The van der Waals surface area contributed by atoms with Crippen LogP contribution in [-0.2, 0) is 10.0 Å². The third kappa shape index (κ3) is 2.91. The molecule has 1 aromatic rings. The molecule has 2 aliphatic carbocycles. The Morgan fingerprint density at radius 1 is 1.15 bits per heavy atom. The summed E-state index contributed by atoms with van der Waals surface area (Å²) in [6, 6.07) is 8.33. The fourth-order valence-corrected chi connectivity index (χ4v) is 8.32. The lowest BCUT2D eigenvalue weighted by Gasteiger charge is -2.43. The Morgan fingerprint density at radius 2 is 1.81 bits per heavy atom. The van der Waals surface area contributed by atoms with E-state index in [9.17, 15) is 8.42 Å². The van der Waals surface area contributed by atoms with Crippen LogP contribution in [0.1, 0.15) is 38.7 Å². The zero-order chi connectivity index (χ0) is 19.4. The molecule has 3 fully saturated rings. The second kappa shape index (κ2) is 6.46. The highest BCUT2D eigenvalue weighted by Crippen LogP contribution is 2.65. The third-order valence-electron chi connectivity index (χ3n) is 8.02. The van der Waals surface area contributed by atoms with Crippen molar-refractivity contribution in [2.75, 3.05) is 36.8 Å². The SMILES string of the molecule is Cc1ccccc1N1CCN(S(=O)(=O)CC23CCC(CC2N)C3(C)C)CC1. The summed E-state index contributed by atoms with van der Waals surface area (Å²) in [4.78, 5) is 2.30. The van der Waals surface area contributed by atoms with Crippen molar-refractivity contribution in [3.63, 3.8) is 0 Å². The van der Waals surface area contributed by atoms with Crippen LogP contribution in [0.15, 0.2) is 24.3 Å². The van der Waals surface area contributed by atoms with E-state index in [-0.39, 0.29) is 22.6 Å². The van der Waals surface area contributed by atoms with Gasteiger partial charge in [0.2, 0.25) is 10.0 Å². The molecule has 2 bridgehead atoms. The Kier molecular flexibility index (Phi) is 4.60. The number of para-hydroxylation sites is 1. The normalized spacial score (nSPS) is 33.6. The second-order valence-corrected chi connectivity index (χ2v) is 11.4. The van der Waals surface area contributed by atoms with Gasteiger partial charge in [0.1, 0.15) is 0 Å². The maximum absolute atomic E-state index is 13.3. The summed E-state index contributed by atoms with van der Waals surface area (Å²) in [7, 11) is -3.30. The Hall–Kier alpha value is -1.11. The summed E-state index contributed by atoms with van der Waals surface area (Å²) in [5, 5.41) is 0. The quantitative estimate of drug-likeness (QED) is 0.857. The molecule has 2 N–H and O–H groups in total. The first-order chi connectivity index (χ1) is 12.7. The van der Waals surface area contributed by atoms with Gasteiger partial charge < -0.3 is 10.6 Å². The van der Waals surface area contributed by atoms with E-state index in [0.29, 0.717) is 19.0 Å². The number of fused-ring (bicyclic) bond motifs is 2. The molecule has 1 heterocycles. The fraction of sp³-hybridized carbons (Fsp3) is 0.714. The van der Waals surface area contributed by atoms with Gasteiger partial charge in [0.25, 0.3) is 0 Å². The first-order valence-electron chi connectivity index (χ1n) is 10.2. The zero-order valence-corrected chi connectivity index (χ0v) is 17.6. The average molecular weight is 392 g/mol. The number of hydrogen-bond acceptors (Lipinski definition) is 4. The second-order valence-electron chi connectivity index (χ2n) is 9.38. The van der Waals surface area contributed by atoms with Gasteiger partial charge in [-0.05, 0) is 49.1 Å². The van der Waals surface area contributed by atoms with Crippen LogP contribution in [0.5, 0.6) is 0 Å². The highest BCUT2D eigenvalue weighted by Gasteiger charge is 2.64. The smallest absolute Gasteiger partial charge is 0.214 e. The van der Waals surface area contributed by atoms with Crippen LogP contribution in [0.4, 0.5) is 5.69 Å². The molecule has 4 rings (SSSR count). The van der Waals surface area contributed by atoms with Crippen molar-refractivity contribution in [1.29, 1.82) is 0 Å². The van der Waals surface area contributed by atoms with E-state index < -0.39 is 10.0 Å². The van der Waals surface area contributed by atoms with Crippen LogP contribution in [0.2, 0.25) is 0 Å². The maximum atomic E-state index is 13.3. The number of anilines is 1. The molecule has 0 amide bonds. The van der Waals surface area contributed by atoms with Gasteiger partial charge in [0.15, 0.2) is 0 Å². The minimum absolute atomic E-state index is 0.00859. The average Bonchev–Trinajstić information content (AvgIpc) is 2.96. The van der Waals surface area contributed by atoms with E-state index in [1.54, 1.807) is 4.31 Å². The van der Waals surface area contributed by atoms with Crippen molar-refractivity contribution in [2.24, 2.45) is 22.5 Å². The van der Waals surface area contributed by atoms with Gasteiger partial charge in [-0.15, -0.1) is 0 Å². The zero-order valence-electron chi connectivity index (χ0n) is 16.8. The van der Waals surface area contributed by atoms with Crippen molar-refractivity contribution < 1.29 is 8.42 Å². The highest BCUT2D eigenvalue weighted by molar-refractivity contribution is 7.89. The Balaban J connectivity index is 1.48. The van der Waals surface area contributed by atoms with Gasteiger partial charge in [0.05, 0.1) is 5.75 Å². The topological polar surface area (TPSA) is 66.6 Å². The molecule has 150 valence electrons. The molecule has 0 spiro atoms.